The van der Waals surface area contributed by atoms with Gasteiger partial charge < -0.3 is 70.9 Å². The molecular formula is C60H81ClN10O15S. The van der Waals surface area contributed by atoms with Crippen LogP contribution in [-0.2, 0) is 54.1 Å². The molecule has 2 aromatic rings. The number of rotatable bonds is 21. The second-order valence-electron chi connectivity index (χ2n) is 22.8. The number of carbonyl (C=O) groups excluding carboxylic acids is 9. The molecule has 0 aliphatic carbocycles. The number of nitrogens with zero attached hydrogens (tertiary/aromatic N) is 3. The summed E-state index contributed by atoms with van der Waals surface area (Å²) in [5.41, 5.74) is 4.69. The maximum Gasteiger partial charge on any atom is 0.409 e. The lowest BCUT2D eigenvalue weighted by Gasteiger charge is -2.42. The molecule has 4 aliphatic heterocycles. The first-order chi connectivity index (χ1) is 41.0. The Morgan fingerprint density at radius 2 is 1.67 bits per heavy atom. The molecule has 0 saturated carbocycles. The highest BCUT2D eigenvalue weighted by Crippen LogP contribution is 2.49. The van der Waals surface area contributed by atoms with Crippen molar-refractivity contribution in [2.45, 2.75) is 147 Å². The van der Waals surface area contributed by atoms with Crippen LogP contribution in [0.25, 0.3) is 0 Å². The van der Waals surface area contributed by atoms with E-state index in [2.05, 4.69) is 31.9 Å². The fourth-order valence-electron chi connectivity index (χ4n) is 10.6. The number of amides is 9. The predicted molar refractivity (Wildman–Crippen MR) is 326 cm³/mol. The average Bonchev–Trinajstić information content (AvgIpc) is 1.59. The fraction of sp³-hybridized carbons (Fsp3) is 0.533. The SMILES string of the molecule is COc1ccc(C(=O)N(C)[C@@H](C)C(=O)O[C@H]2CC(=O)N(C)c3cc(cc(C)c3Cl)C/C(C)=C/C=C/[C@@H](OC)[C@@]3(O)C[C@H](OC(=O)N3)[C@@H](C)[C@@H]3O[C@@]23C)c(NC(=O)[C@H](CCCNC(N)=O)NC(=O)[C@@H](NC(=S)NCCCCN2C(=O)C=CC2=O)C(C)C)c1. The number of ether oxygens (including phenoxy) is 5. The van der Waals surface area contributed by atoms with E-state index in [9.17, 15) is 48.3 Å². The third-order valence-corrected chi connectivity index (χ3v) is 16.7. The van der Waals surface area contributed by atoms with Crippen molar-refractivity contribution in [3.8, 4) is 5.75 Å². The molecule has 2 saturated heterocycles. The Bertz CT molecular complexity index is 3050. The predicted octanol–water partition coefficient (Wildman–Crippen LogP) is 4.20. The highest BCUT2D eigenvalue weighted by atomic mass is 35.5. The Labute approximate surface area is 516 Å². The van der Waals surface area contributed by atoms with E-state index < -0.39 is 108 Å². The Kier molecular flexibility index (Phi) is 23.5. The van der Waals surface area contributed by atoms with Crippen LogP contribution >= 0.6 is 23.8 Å². The van der Waals surface area contributed by atoms with Gasteiger partial charge in [-0.1, -0.05) is 62.2 Å². The molecule has 25 nitrogen and oxygen atoms in total. The molecular weight excluding hydrogens is 1170 g/mol. The second-order valence-corrected chi connectivity index (χ2v) is 23.6. The maximum absolute atomic E-state index is 14.7. The quantitative estimate of drug-likeness (QED) is 0.0285. The molecule has 0 unspecified atom stereocenters. The highest BCUT2D eigenvalue weighted by molar-refractivity contribution is 7.80. The summed E-state index contributed by atoms with van der Waals surface area (Å²) in [6.45, 7) is 12.7. The molecule has 4 bridgehead atoms. The number of hydrogen-bond donors (Lipinski definition) is 8. The first kappa shape index (κ1) is 68.5. The minimum atomic E-state index is -1.92. The van der Waals surface area contributed by atoms with Gasteiger partial charge in [0.25, 0.3) is 17.7 Å². The van der Waals surface area contributed by atoms with Crippen LogP contribution in [0.3, 0.4) is 0 Å². The van der Waals surface area contributed by atoms with Gasteiger partial charge in [0, 0.05) is 71.4 Å². The summed E-state index contributed by atoms with van der Waals surface area (Å²) in [4.78, 5) is 125. The monoisotopic (exact) mass is 1250 g/mol. The average molecular weight is 1250 g/mol. The number of aryl methyl sites for hydroxylation is 1. The number of epoxide rings is 1. The Balaban J connectivity index is 1.22. The van der Waals surface area contributed by atoms with Gasteiger partial charge in [-0.2, -0.15) is 0 Å². The molecule has 0 radical (unpaired) electrons. The van der Waals surface area contributed by atoms with Crippen LogP contribution in [0.1, 0.15) is 102 Å². The lowest BCUT2D eigenvalue weighted by Crippen LogP contribution is -2.63. The number of halogens is 1. The molecule has 4 aliphatic rings. The Hall–Kier alpha value is -7.65. The molecule has 2 fully saturated rings. The molecule has 0 spiro atoms. The molecule has 2 aromatic carbocycles. The van der Waals surface area contributed by atoms with E-state index >= 15 is 0 Å². The number of primary amides is 1. The van der Waals surface area contributed by atoms with E-state index in [0.717, 1.165) is 20.9 Å². The number of alkyl carbamates (subject to hydrolysis) is 1. The lowest BCUT2D eigenvalue weighted by atomic mass is 9.83. The molecule has 4 heterocycles. The number of urea groups is 1. The number of allylic oxidation sites excluding steroid dienone is 3. The van der Waals surface area contributed by atoms with Crippen LogP contribution in [0.4, 0.5) is 21.0 Å². The van der Waals surface area contributed by atoms with Gasteiger partial charge in [0.2, 0.25) is 17.7 Å². The van der Waals surface area contributed by atoms with Crippen LogP contribution in [0.15, 0.2) is 66.3 Å². The van der Waals surface area contributed by atoms with Gasteiger partial charge in [0.1, 0.15) is 47.8 Å². The van der Waals surface area contributed by atoms with Crippen molar-refractivity contribution >= 4 is 93.8 Å². The number of unbranched alkanes of at least 4 members (excludes halogenated alkanes) is 1. The van der Waals surface area contributed by atoms with Crippen molar-refractivity contribution in [3.05, 3.63) is 88.0 Å². The summed E-state index contributed by atoms with van der Waals surface area (Å²) in [7, 11) is 5.69. The van der Waals surface area contributed by atoms with Gasteiger partial charge in [-0.05, 0) is 107 Å². The third-order valence-electron chi connectivity index (χ3n) is 16.0. The Morgan fingerprint density at radius 1 is 0.977 bits per heavy atom. The summed E-state index contributed by atoms with van der Waals surface area (Å²) < 4.78 is 29.5. The molecule has 0 aromatic heterocycles. The number of methoxy groups -OCH3 is 2. The number of carbonyl (C=O) groups is 9. The number of fused-ring (bicyclic) bond motifs is 5. The summed E-state index contributed by atoms with van der Waals surface area (Å²) in [5.74, 6) is -5.12. The van der Waals surface area contributed by atoms with Gasteiger partial charge in [-0.3, -0.25) is 39.0 Å². The smallest absolute Gasteiger partial charge is 0.409 e. The molecule has 9 amide bonds. The number of hydrogen-bond acceptors (Lipinski definition) is 16. The van der Waals surface area contributed by atoms with Gasteiger partial charge in [-0.15, -0.1) is 0 Å². The van der Waals surface area contributed by atoms with Gasteiger partial charge in [-0.25, -0.2) is 14.4 Å². The lowest BCUT2D eigenvalue weighted by molar-refractivity contribution is -0.158. The standard InChI is InChI=1S/C60H81ClN10O15S/c1-32(2)50(67-57(87)64-23-12-13-25-71-46(72)21-22-47(71)73)53(76)65-40(17-15-24-63-56(62)79)52(75)66-41-29-38(82-10)19-20-39(41)54(77)69(8)36(6)55(78)85-45-30-48(74)70(9)42-28-37(27-34(4)49(42)61)26-33(3)16-14-18-44(83-11)60(81)31-43(84-58(80)68-60)35(5)51-59(45,7)86-51/h14,16,18-22,27-29,32,35-36,40,43-45,50-51,81H,12-13,15,17,23-26,30-31H2,1-11H3,(H,65,76)(H,66,75)(H,68,80)(H3,62,63,79)(H2,64,67,87)/b18-14+,33-16+/t35-,36+,40+,43+,44-,45+,50+,51+,59+,60+/m1/s1. The van der Waals surface area contributed by atoms with Crippen molar-refractivity contribution in [3.63, 3.8) is 0 Å². The van der Waals surface area contributed by atoms with Gasteiger partial charge in [0.15, 0.2) is 10.8 Å². The van der Waals surface area contributed by atoms with Crippen LogP contribution in [0, 0.1) is 18.8 Å². The highest BCUT2D eigenvalue weighted by Gasteiger charge is 2.64. The number of likely N-dealkylation sites (N-methyl/N-ethyl adjacent to an activating group) is 1. The van der Waals surface area contributed by atoms with E-state index in [0.29, 0.717) is 42.1 Å². The number of esters is 1. The largest absolute Gasteiger partial charge is 0.497 e. The van der Waals surface area contributed by atoms with Gasteiger partial charge in [0.05, 0.1) is 41.6 Å². The normalized spacial score (nSPS) is 24.9. The summed E-state index contributed by atoms with van der Waals surface area (Å²) in [6, 6.07) is 3.58. The number of anilines is 2. The number of imide groups is 1. The number of nitrogens with two attached hydrogens (primary N) is 1. The van der Waals surface area contributed by atoms with E-state index in [1.165, 1.54) is 63.4 Å². The first-order valence-corrected chi connectivity index (χ1v) is 29.5. The zero-order chi connectivity index (χ0) is 64.2. The third kappa shape index (κ3) is 17.3. The van der Waals surface area contributed by atoms with E-state index in [1.807, 2.05) is 26.0 Å². The number of aliphatic hydroxyl groups is 1. The zero-order valence-corrected chi connectivity index (χ0v) is 52.5. The molecule has 474 valence electrons. The number of thiocarbonyl (C=S) groups is 1. The minimum Gasteiger partial charge on any atom is -0.497 e. The van der Waals surface area contributed by atoms with Crippen LogP contribution < -0.4 is 47.3 Å². The van der Waals surface area contributed by atoms with Gasteiger partial charge >= 0.3 is 18.1 Å². The van der Waals surface area contributed by atoms with Crippen LogP contribution in [0.2, 0.25) is 5.02 Å². The first-order valence-electron chi connectivity index (χ1n) is 28.7. The molecule has 6 rings (SSSR count). The Morgan fingerprint density at radius 3 is 2.32 bits per heavy atom. The van der Waals surface area contributed by atoms with Crippen molar-refractivity contribution in [1.29, 1.82) is 0 Å². The minimum absolute atomic E-state index is 0.0197. The molecule has 9 N–H and O–H groups in total. The summed E-state index contributed by atoms with van der Waals surface area (Å²) in [5, 5.41) is 29.0. The maximum atomic E-state index is 14.7. The van der Waals surface area contributed by atoms with E-state index in [1.54, 1.807) is 53.0 Å². The second kappa shape index (κ2) is 29.8. The summed E-state index contributed by atoms with van der Waals surface area (Å²) >= 11 is 12.4. The molecule has 10 atom stereocenters. The van der Waals surface area contributed by atoms with Crippen molar-refractivity contribution in [2.75, 3.05) is 58.2 Å². The zero-order valence-electron chi connectivity index (χ0n) is 50.9. The molecule has 87 heavy (non-hydrogen) atoms. The molecule has 27 heteroatoms. The van der Waals surface area contributed by atoms with Crippen molar-refractivity contribution in [1.82, 2.24) is 36.4 Å². The topological polar surface area (TPSA) is 331 Å². The van der Waals surface area contributed by atoms with Crippen LogP contribution in [-0.4, -0.2) is 175 Å². The van der Waals surface area contributed by atoms with Crippen LogP contribution in [0.5, 0.6) is 5.75 Å². The van der Waals surface area contributed by atoms with E-state index in [-0.39, 0.29) is 72.2 Å². The van der Waals surface area contributed by atoms with Crippen molar-refractivity contribution in [2.24, 2.45) is 17.6 Å². The fourth-order valence-corrected chi connectivity index (χ4v) is 11.1. The number of benzene rings is 2. The number of nitrogens with one attached hydrogen (secondary N) is 6. The van der Waals surface area contributed by atoms with E-state index in [4.69, 9.17) is 53.2 Å². The van der Waals surface area contributed by atoms with Crippen molar-refractivity contribution < 1.29 is 71.9 Å². The summed E-state index contributed by atoms with van der Waals surface area (Å²) in [6.07, 6.45) is 3.70.